The maximum atomic E-state index is 12.6. The van der Waals surface area contributed by atoms with Gasteiger partial charge in [-0.3, -0.25) is 0 Å². The fourth-order valence-electron chi connectivity index (χ4n) is 3.41. The molecule has 0 bridgehead atoms. The summed E-state index contributed by atoms with van der Waals surface area (Å²) < 4.78 is 35.5. The van der Waals surface area contributed by atoms with Crippen molar-refractivity contribution in [3.05, 3.63) is 90.5 Å². The number of oxazole rings is 1. The second-order valence-electron chi connectivity index (χ2n) is 6.81. The normalized spacial score (nSPS) is 11.4. The number of hydrogen-bond acceptors (Lipinski definition) is 5. The Morgan fingerprint density at radius 2 is 1.73 bits per heavy atom. The number of nitrogens with zero attached hydrogens (tertiary/aromatic N) is 1. The van der Waals surface area contributed by atoms with Gasteiger partial charge in [0.2, 0.25) is 10.0 Å². The molecule has 2 N–H and O–H groups in total. The van der Waals surface area contributed by atoms with Crippen LogP contribution in [0.2, 0.25) is 0 Å². The average molecular weight is 420 g/mol. The number of primary sulfonamides is 1. The summed E-state index contributed by atoms with van der Waals surface area (Å²) in [5.41, 5.74) is 4.28. The molecule has 1 aromatic heterocycles. The van der Waals surface area contributed by atoms with Crippen molar-refractivity contribution in [3.8, 4) is 28.1 Å². The lowest BCUT2D eigenvalue weighted by Gasteiger charge is -2.16. The van der Waals surface area contributed by atoms with Gasteiger partial charge in [0.1, 0.15) is 17.7 Å². The minimum Gasteiger partial charge on any atom is -0.497 e. The third-order valence-electron chi connectivity index (χ3n) is 4.87. The molecule has 0 aliphatic heterocycles. The monoisotopic (exact) mass is 420 g/mol. The first-order chi connectivity index (χ1) is 14.5. The molecule has 3 aromatic carbocycles. The van der Waals surface area contributed by atoms with E-state index in [4.69, 9.17) is 14.3 Å². The van der Waals surface area contributed by atoms with Gasteiger partial charge in [-0.05, 0) is 52.9 Å². The topological polar surface area (TPSA) is 95.4 Å². The van der Waals surface area contributed by atoms with Crippen LogP contribution in [0.1, 0.15) is 11.1 Å². The predicted octanol–water partition coefficient (Wildman–Crippen LogP) is 4.26. The second kappa shape index (κ2) is 8.14. The van der Waals surface area contributed by atoms with E-state index in [1.54, 1.807) is 13.2 Å². The zero-order chi connectivity index (χ0) is 21.1. The molecule has 0 saturated heterocycles. The molecule has 0 spiro atoms. The van der Waals surface area contributed by atoms with Gasteiger partial charge in [0.15, 0.2) is 6.39 Å². The zero-order valence-corrected chi connectivity index (χ0v) is 17.1. The first-order valence-corrected chi connectivity index (χ1v) is 10.8. The second-order valence-corrected chi connectivity index (χ2v) is 8.34. The number of nitrogens with two attached hydrogens (primary N) is 1. The lowest BCUT2D eigenvalue weighted by molar-refractivity contribution is 0.415. The van der Waals surface area contributed by atoms with E-state index in [1.807, 2.05) is 60.7 Å². The number of rotatable bonds is 6. The van der Waals surface area contributed by atoms with Crippen molar-refractivity contribution in [3.63, 3.8) is 0 Å². The molecule has 1 heterocycles. The van der Waals surface area contributed by atoms with Crippen LogP contribution in [0, 0.1) is 0 Å². The first-order valence-electron chi connectivity index (χ1n) is 9.22. The van der Waals surface area contributed by atoms with Crippen molar-refractivity contribution in [2.75, 3.05) is 7.11 Å². The number of aromatic nitrogens is 1. The van der Waals surface area contributed by atoms with Crippen molar-refractivity contribution >= 4 is 10.0 Å². The summed E-state index contributed by atoms with van der Waals surface area (Å²) in [5, 5.41) is 5.63. The Bertz CT molecular complexity index is 1250. The van der Waals surface area contributed by atoms with Gasteiger partial charge in [0.05, 0.1) is 12.0 Å². The Morgan fingerprint density at radius 3 is 2.33 bits per heavy atom. The Morgan fingerprint density at radius 1 is 1.00 bits per heavy atom. The van der Waals surface area contributed by atoms with E-state index in [1.165, 1.54) is 12.7 Å². The summed E-state index contributed by atoms with van der Waals surface area (Å²) in [7, 11) is -2.40. The largest absolute Gasteiger partial charge is 0.497 e. The van der Waals surface area contributed by atoms with E-state index in [2.05, 4.69) is 4.98 Å². The summed E-state index contributed by atoms with van der Waals surface area (Å²) in [4.78, 5) is 4.32. The fourth-order valence-corrected chi connectivity index (χ4v) is 4.22. The SMILES string of the molecule is COc1ccc(-c2cc(-c3cocn3)c(Cc3ccccc3)c(S(N)(=O)=O)c2)cc1. The van der Waals surface area contributed by atoms with Gasteiger partial charge < -0.3 is 9.15 Å². The smallest absolute Gasteiger partial charge is 0.238 e. The molecule has 0 unspecified atom stereocenters. The fraction of sp³-hybridized carbons (Fsp3) is 0.0870. The molecule has 0 fully saturated rings. The summed E-state index contributed by atoms with van der Waals surface area (Å²) in [5.74, 6) is 0.711. The van der Waals surface area contributed by atoms with Crippen LogP contribution in [0.3, 0.4) is 0 Å². The lowest BCUT2D eigenvalue weighted by atomic mass is 9.93. The first kappa shape index (κ1) is 19.9. The van der Waals surface area contributed by atoms with E-state index in [9.17, 15) is 8.42 Å². The molecule has 0 radical (unpaired) electrons. The minimum atomic E-state index is -3.99. The summed E-state index contributed by atoms with van der Waals surface area (Å²) in [6.07, 6.45) is 3.20. The third kappa shape index (κ3) is 4.12. The van der Waals surface area contributed by atoms with Crippen LogP contribution in [-0.2, 0) is 16.4 Å². The van der Waals surface area contributed by atoms with Gasteiger partial charge in [-0.25, -0.2) is 18.5 Å². The van der Waals surface area contributed by atoms with Crippen LogP contribution in [0.25, 0.3) is 22.4 Å². The van der Waals surface area contributed by atoms with Gasteiger partial charge in [-0.2, -0.15) is 0 Å². The van der Waals surface area contributed by atoms with Gasteiger partial charge in [-0.15, -0.1) is 0 Å². The van der Waals surface area contributed by atoms with Crippen LogP contribution >= 0.6 is 0 Å². The quantitative estimate of drug-likeness (QED) is 0.503. The summed E-state index contributed by atoms with van der Waals surface area (Å²) in [6.45, 7) is 0. The average Bonchev–Trinajstić information content (AvgIpc) is 3.28. The molecule has 0 atom stereocenters. The molecule has 4 aromatic rings. The molecule has 0 amide bonds. The van der Waals surface area contributed by atoms with Crippen molar-refractivity contribution in [2.45, 2.75) is 11.3 Å². The Balaban J connectivity index is 1.96. The van der Waals surface area contributed by atoms with E-state index < -0.39 is 10.0 Å². The zero-order valence-electron chi connectivity index (χ0n) is 16.3. The van der Waals surface area contributed by atoms with Gasteiger partial charge in [-0.1, -0.05) is 42.5 Å². The number of benzene rings is 3. The van der Waals surface area contributed by atoms with Crippen LogP contribution in [0.4, 0.5) is 0 Å². The summed E-state index contributed by atoms with van der Waals surface area (Å²) in [6, 6.07) is 20.5. The molecule has 152 valence electrons. The number of methoxy groups -OCH3 is 1. The highest BCUT2D eigenvalue weighted by Gasteiger charge is 2.22. The number of sulfonamides is 1. The summed E-state index contributed by atoms with van der Waals surface area (Å²) >= 11 is 0. The Hall–Kier alpha value is -3.42. The van der Waals surface area contributed by atoms with Crippen LogP contribution < -0.4 is 9.88 Å². The van der Waals surface area contributed by atoms with Gasteiger partial charge >= 0.3 is 0 Å². The van der Waals surface area contributed by atoms with Gasteiger partial charge in [0.25, 0.3) is 0 Å². The molecule has 0 aliphatic carbocycles. The molecule has 4 rings (SSSR count). The third-order valence-corrected chi connectivity index (χ3v) is 5.85. The molecule has 7 heteroatoms. The highest BCUT2D eigenvalue weighted by atomic mass is 32.2. The van der Waals surface area contributed by atoms with E-state index >= 15 is 0 Å². The predicted molar refractivity (Wildman–Crippen MR) is 115 cm³/mol. The molecule has 30 heavy (non-hydrogen) atoms. The van der Waals surface area contributed by atoms with Crippen LogP contribution in [0.5, 0.6) is 5.75 Å². The van der Waals surface area contributed by atoms with Crippen LogP contribution in [0.15, 0.2) is 88.7 Å². The van der Waals surface area contributed by atoms with E-state index in [-0.39, 0.29) is 4.90 Å². The van der Waals surface area contributed by atoms with Crippen molar-refractivity contribution in [1.29, 1.82) is 0 Å². The van der Waals surface area contributed by atoms with Crippen molar-refractivity contribution in [2.24, 2.45) is 5.14 Å². The molecular formula is C23H20N2O4S. The molecular weight excluding hydrogens is 400 g/mol. The van der Waals surface area contributed by atoms with Crippen LogP contribution in [-0.4, -0.2) is 20.5 Å². The number of hydrogen-bond donors (Lipinski definition) is 1. The minimum absolute atomic E-state index is 0.0673. The lowest BCUT2D eigenvalue weighted by Crippen LogP contribution is -2.16. The highest BCUT2D eigenvalue weighted by Crippen LogP contribution is 2.35. The molecule has 0 aliphatic rings. The van der Waals surface area contributed by atoms with E-state index in [0.29, 0.717) is 34.6 Å². The number of ether oxygens (including phenoxy) is 1. The maximum Gasteiger partial charge on any atom is 0.238 e. The standard InChI is InChI=1S/C23H20N2O4S/c1-28-19-9-7-17(8-10-19)18-12-20(22-14-29-15-25-22)21(23(13-18)30(24,26)27)11-16-5-3-2-4-6-16/h2-10,12-15H,11H2,1H3,(H2,24,26,27). The van der Waals surface area contributed by atoms with E-state index in [0.717, 1.165) is 11.1 Å². The van der Waals surface area contributed by atoms with Crippen molar-refractivity contribution in [1.82, 2.24) is 4.98 Å². The van der Waals surface area contributed by atoms with Gasteiger partial charge in [0, 0.05) is 5.56 Å². The molecule has 6 nitrogen and oxygen atoms in total. The highest BCUT2D eigenvalue weighted by molar-refractivity contribution is 7.89. The maximum absolute atomic E-state index is 12.6. The Labute approximate surface area is 175 Å². The van der Waals surface area contributed by atoms with Crippen molar-refractivity contribution < 1.29 is 17.6 Å². The molecule has 0 saturated carbocycles. The Kier molecular flexibility index (Phi) is 5.39.